The minimum atomic E-state index is -1.41. The molecule has 3 amide bonds. The van der Waals surface area contributed by atoms with Crippen molar-refractivity contribution in [2.75, 3.05) is 25.0 Å². The molecule has 0 unspecified atom stereocenters. The minimum Gasteiger partial charge on any atom is -0.490 e. The zero-order valence-electron chi connectivity index (χ0n) is 21.4. The molecule has 3 aromatic rings. The first kappa shape index (κ1) is 26.4. The van der Waals surface area contributed by atoms with Gasteiger partial charge in [0.1, 0.15) is 18.0 Å². The van der Waals surface area contributed by atoms with Gasteiger partial charge in [0.2, 0.25) is 6.10 Å². The summed E-state index contributed by atoms with van der Waals surface area (Å²) in [6.45, 7) is 5.52. The van der Waals surface area contributed by atoms with Gasteiger partial charge in [-0.25, -0.2) is 19.4 Å². The Bertz CT molecular complexity index is 1420. The number of imide groups is 1. The van der Waals surface area contributed by atoms with E-state index in [4.69, 9.17) is 19.4 Å². The van der Waals surface area contributed by atoms with Crippen LogP contribution in [0, 0.1) is 0 Å². The molecule has 0 radical (unpaired) electrons. The number of hydroxylamine groups is 2. The van der Waals surface area contributed by atoms with Crippen LogP contribution in [0.5, 0.6) is 5.75 Å². The smallest absolute Gasteiger partial charge is 0.407 e. The summed E-state index contributed by atoms with van der Waals surface area (Å²) < 4.78 is 12.1. The van der Waals surface area contributed by atoms with Crippen molar-refractivity contribution >= 4 is 50.6 Å². The van der Waals surface area contributed by atoms with Crippen molar-refractivity contribution in [3.8, 4) is 5.75 Å². The lowest BCUT2D eigenvalue weighted by atomic mass is 10.1. The molecular weight excluding hydrogens is 528 g/mol. The summed E-state index contributed by atoms with van der Waals surface area (Å²) >= 11 is 1.38. The molecule has 39 heavy (non-hydrogen) atoms. The minimum absolute atomic E-state index is 0.00809. The van der Waals surface area contributed by atoms with E-state index in [1.165, 1.54) is 28.4 Å². The summed E-state index contributed by atoms with van der Waals surface area (Å²) in [7, 11) is 0. The number of hydrogen-bond donors (Lipinski definition) is 2. The number of esters is 1. The van der Waals surface area contributed by atoms with E-state index in [1.54, 1.807) is 51.1 Å². The third kappa shape index (κ3) is 5.64. The number of hydrogen-bond acceptors (Lipinski definition) is 10. The van der Waals surface area contributed by atoms with E-state index >= 15 is 0 Å². The lowest BCUT2D eigenvalue weighted by Crippen LogP contribution is -2.56. The molecule has 1 aromatic heterocycles. The molecule has 0 spiro atoms. The molecule has 0 saturated carbocycles. The van der Waals surface area contributed by atoms with E-state index in [0.29, 0.717) is 29.0 Å². The number of benzene rings is 2. The van der Waals surface area contributed by atoms with E-state index in [9.17, 15) is 19.2 Å². The van der Waals surface area contributed by atoms with Gasteiger partial charge in [-0.2, -0.15) is 0 Å². The van der Waals surface area contributed by atoms with Crippen molar-refractivity contribution in [1.29, 1.82) is 0 Å². The number of carbonyl (C=O) groups is 4. The van der Waals surface area contributed by atoms with Gasteiger partial charge in [0.25, 0.3) is 11.8 Å². The number of thiazole rings is 1. The normalized spacial score (nSPS) is 16.2. The highest BCUT2D eigenvalue weighted by atomic mass is 32.1. The van der Waals surface area contributed by atoms with Gasteiger partial charge in [-0.05, 0) is 51.1 Å². The molecule has 2 aromatic carbocycles. The second kappa shape index (κ2) is 10.2. The number of rotatable bonds is 8. The number of fused-ring (bicyclic) bond motifs is 2. The Morgan fingerprint density at radius 1 is 1.13 bits per heavy atom. The van der Waals surface area contributed by atoms with Crippen LogP contribution < -0.4 is 10.1 Å². The fourth-order valence-corrected chi connectivity index (χ4v) is 5.00. The SMILES string of the molecule is CC(C)(C)OC(=O)[C@H](COc1ccc2nc(NC3CN(C(=O)O)C3)sc2c1)ON1C(=O)c2ccccc2C1=O. The van der Waals surface area contributed by atoms with Crippen molar-refractivity contribution in [2.45, 2.75) is 38.5 Å². The third-order valence-electron chi connectivity index (χ3n) is 5.90. The van der Waals surface area contributed by atoms with Gasteiger partial charge in [-0.15, -0.1) is 5.06 Å². The Balaban J connectivity index is 1.27. The van der Waals surface area contributed by atoms with E-state index < -0.39 is 35.6 Å². The van der Waals surface area contributed by atoms with Crippen LogP contribution in [0.1, 0.15) is 41.5 Å². The quantitative estimate of drug-likeness (QED) is 0.314. The highest BCUT2D eigenvalue weighted by Crippen LogP contribution is 2.31. The number of likely N-dealkylation sites (tertiary alicyclic amines) is 1. The Hall–Kier alpha value is -4.23. The molecule has 2 aliphatic heterocycles. The fraction of sp³-hybridized carbons (Fsp3) is 0.346. The predicted molar refractivity (Wildman–Crippen MR) is 140 cm³/mol. The molecule has 0 bridgehead atoms. The molecule has 13 heteroatoms. The van der Waals surface area contributed by atoms with Crippen LogP contribution in [0.2, 0.25) is 0 Å². The highest BCUT2D eigenvalue weighted by Gasteiger charge is 2.40. The fourth-order valence-electron chi connectivity index (χ4n) is 4.03. The summed E-state index contributed by atoms with van der Waals surface area (Å²) in [6, 6.07) is 11.5. The maximum atomic E-state index is 12.9. The van der Waals surface area contributed by atoms with Gasteiger partial charge >= 0.3 is 12.1 Å². The van der Waals surface area contributed by atoms with Crippen molar-refractivity contribution in [2.24, 2.45) is 0 Å². The molecule has 204 valence electrons. The van der Waals surface area contributed by atoms with Gasteiger partial charge in [0.15, 0.2) is 5.13 Å². The largest absolute Gasteiger partial charge is 0.490 e. The molecule has 2 N–H and O–H groups in total. The number of carbonyl (C=O) groups excluding carboxylic acids is 3. The standard InChI is InChI=1S/C26H26N4O8S/c1-26(2,3)37-23(33)19(38-30-21(31)16-6-4-5-7-17(16)22(30)32)13-36-15-8-9-18-20(10-15)39-24(28-18)27-14-11-29(12-14)25(34)35/h4-10,14,19H,11-13H2,1-3H3,(H,27,28)(H,34,35)/t19-/m0/s1. The monoisotopic (exact) mass is 554 g/mol. The number of carboxylic acid groups (broad SMARTS) is 1. The van der Waals surface area contributed by atoms with E-state index in [-0.39, 0.29) is 23.8 Å². The van der Waals surface area contributed by atoms with Crippen LogP contribution in [0.4, 0.5) is 9.93 Å². The molecule has 0 aliphatic carbocycles. The molecule has 1 saturated heterocycles. The van der Waals surface area contributed by atoms with Crippen LogP contribution >= 0.6 is 11.3 Å². The lowest BCUT2D eigenvalue weighted by Gasteiger charge is -2.37. The first-order valence-corrected chi connectivity index (χ1v) is 13.0. The van der Waals surface area contributed by atoms with Crippen LogP contribution in [0.15, 0.2) is 42.5 Å². The third-order valence-corrected chi connectivity index (χ3v) is 6.85. The van der Waals surface area contributed by atoms with Crippen LogP contribution in [0.25, 0.3) is 10.2 Å². The zero-order valence-corrected chi connectivity index (χ0v) is 22.2. The lowest BCUT2D eigenvalue weighted by molar-refractivity contribution is -0.193. The Morgan fingerprint density at radius 3 is 2.41 bits per heavy atom. The molecule has 5 rings (SSSR count). The maximum Gasteiger partial charge on any atom is 0.407 e. The summed E-state index contributed by atoms with van der Waals surface area (Å²) in [6.07, 6.45) is -2.35. The topological polar surface area (TPSA) is 148 Å². The van der Waals surface area contributed by atoms with Crippen molar-refractivity contribution in [3.63, 3.8) is 0 Å². The number of amides is 3. The summed E-state index contributed by atoms with van der Waals surface area (Å²) in [5.41, 5.74) is 0.247. The Kier molecular flexibility index (Phi) is 6.87. The number of ether oxygens (including phenoxy) is 2. The zero-order chi connectivity index (χ0) is 27.9. The second-order valence-corrected chi connectivity index (χ2v) is 11.1. The first-order valence-electron chi connectivity index (χ1n) is 12.1. The highest BCUT2D eigenvalue weighted by molar-refractivity contribution is 7.22. The second-order valence-electron chi connectivity index (χ2n) is 10.1. The number of nitrogens with zero attached hydrogens (tertiary/aromatic N) is 3. The summed E-state index contributed by atoms with van der Waals surface area (Å²) in [5.74, 6) is -1.72. The van der Waals surface area contributed by atoms with Crippen molar-refractivity contribution in [1.82, 2.24) is 14.9 Å². The van der Waals surface area contributed by atoms with E-state index in [1.807, 2.05) is 0 Å². The molecule has 1 atom stereocenters. The summed E-state index contributed by atoms with van der Waals surface area (Å²) in [5, 5.41) is 13.4. The average molecular weight is 555 g/mol. The number of aromatic nitrogens is 1. The average Bonchev–Trinajstić information content (AvgIpc) is 3.35. The van der Waals surface area contributed by atoms with E-state index in [2.05, 4.69) is 10.3 Å². The van der Waals surface area contributed by atoms with Crippen LogP contribution in [-0.2, 0) is 14.4 Å². The molecule has 12 nitrogen and oxygen atoms in total. The van der Waals surface area contributed by atoms with Gasteiger partial charge < -0.3 is 24.8 Å². The van der Waals surface area contributed by atoms with Gasteiger partial charge in [-0.1, -0.05) is 23.5 Å². The van der Waals surface area contributed by atoms with Gasteiger partial charge in [0.05, 0.1) is 27.4 Å². The molecule has 2 aliphatic rings. The van der Waals surface area contributed by atoms with Crippen molar-refractivity contribution in [3.05, 3.63) is 53.6 Å². The number of anilines is 1. The molecule has 1 fully saturated rings. The van der Waals surface area contributed by atoms with Crippen LogP contribution in [-0.4, -0.2) is 81.4 Å². The van der Waals surface area contributed by atoms with E-state index in [0.717, 1.165) is 10.2 Å². The predicted octanol–water partition coefficient (Wildman–Crippen LogP) is 3.39. The van der Waals surface area contributed by atoms with Crippen molar-refractivity contribution < 1.29 is 38.6 Å². The number of nitrogens with one attached hydrogen (secondary N) is 1. The summed E-state index contributed by atoms with van der Waals surface area (Å²) in [4.78, 5) is 60.9. The van der Waals surface area contributed by atoms with Gasteiger partial charge in [-0.3, -0.25) is 9.59 Å². The molecular formula is C26H26N4O8S. The van der Waals surface area contributed by atoms with Crippen LogP contribution in [0.3, 0.4) is 0 Å². The molecule has 3 heterocycles. The first-order chi connectivity index (χ1) is 18.5. The Labute approximate surface area is 227 Å². The van der Waals surface area contributed by atoms with Gasteiger partial charge in [0, 0.05) is 13.1 Å². The Morgan fingerprint density at radius 2 is 1.79 bits per heavy atom. The maximum absolute atomic E-state index is 12.9.